The van der Waals surface area contributed by atoms with E-state index in [9.17, 15) is 9.59 Å². The molecule has 0 bridgehead atoms. The molecule has 0 spiro atoms. The van der Waals surface area contributed by atoms with Crippen molar-refractivity contribution in [2.24, 2.45) is 5.92 Å². The Hall–Kier alpha value is -2.24. The van der Waals surface area contributed by atoms with Gasteiger partial charge in [-0.15, -0.1) is 0 Å². The van der Waals surface area contributed by atoms with Crippen LogP contribution in [-0.2, 0) is 16.1 Å². The Morgan fingerprint density at radius 3 is 2.44 bits per heavy atom. The summed E-state index contributed by atoms with van der Waals surface area (Å²) in [5, 5.41) is 3.90. The average Bonchev–Trinajstić information content (AvgIpc) is 2.73. The highest BCUT2D eigenvalue weighted by atomic mass is 35.5. The molecular formula is C25H32Cl2N2O3. The van der Waals surface area contributed by atoms with E-state index in [-0.39, 0.29) is 25.0 Å². The molecule has 1 N–H and O–H groups in total. The first-order valence-corrected chi connectivity index (χ1v) is 11.6. The Morgan fingerprint density at radius 2 is 1.81 bits per heavy atom. The Kier molecular flexibility index (Phi) is 9.85. The molecule has 174 valence electrons. The number of amides is 2. The summed E-state index contributed by atoms with van der Waals surface area (Å²) in [5.74, 6) is 0.480. The van der Waals surface area contributed by atoms with Crippen LogP contribution in [0.15, 0.2) is 36.4 Å². The molecule has 0 aliphatic rings. The number of carbonyl (C=O) groups excluding carboxylic acids is 2. The van der Waals surface area contributed by atoms with Crippen LogP contribution >= 0.6 is 23.2 Å². The molecule has 2 aromatic rings. The molecule has 2 aromatic carbocycles. The number of ether oxygens (including phenoxy) is 1. The van der Waals surface area contributed by atoms with E-state index in [0.717, 1.165) is 11.1 Å². The number of aryl methyl sites for hydroxylation is 2. The summed E-state index contributed by atoms with van der Waals surface area (Å²) in [7, 11) is 0. The number of halogens is 2. The van der Waals surface area contributed by atoms with Crippen molar-refractivity contribution in [3.63, 3.8) is 0 Å². The van der Waals surface area contributed by atoms with Gasteiger partial charge in [0.25, 0.3) is 5.91 Å². The van der Waals surface area contributed by atoms with Gasteiger partial charge >= 0.3 is 0 Å². The van der Waals surface area contributed by atoms with Crippen LogP contribution in [0.3, 0.4) is 0 Å². The molecular weight excluding hydrogens is 447 g/mol. The molecule has 0 aliphatic carbocycles. The highest BCUT2D eigenvalue weighted by molar-refractivity contribution is 6.35. The summed E-state index contributed by atoms with van der Waals surface area (Å²) < 4.78 is 5.84. The maximum atomic E-state index is 13.3. The van der Waals surface area contributed by atoms with Gasteiger partial charge in [-0.25, -0.2) is 0 Å². The number of carbonyl (C=O) groups is 2. The molecule has 2 rings (SSSR count). The molecule has 32 heavy (non-hydrogen) atoms. The minimum Gasteiger partial charge on any atom is -0.483 e. The summed E-state index contributed by atoms with van der Waals surface area (Å²) in [4.78, 5) is 27.8. The van der Waals surface area contributed by atoms with Crippen LogP contribution in [0.2, 0.25) is 10.0 Å². The molecule has 5 nitrogen and oxygen atoms in total. The summed E-state index contributed by atoms with van der Waals surface area (Å²) in [6.07, 6.45) is 0.463. The zero-order valence-electron chi connectivity index (χ0n) is 19.4. The molecule has 0 radical (unpaired) electrons. The van der Waals surface area contributed by atoms with Gasteiger partial charge in [0.05, 0.1) is 0 Å². The van der Waals surface area contributed by atoms with Crippen LogP contribution < -0.4 is 10.1 Å². The van der Waals surface area contributed by atoms with Gasteiger partial charge in [0.2, 0.25) is 5.91 Å². The van der Waals surface area contributed by atoms with Crippen molar-refractivity contribution in [2.45, 2.75) is 53.6 Å². The number of benzene rings is 2. The molecule has 1 atom stereocenters. The Labute approximate surface area is 201 Å². The summed E-state index contributed by atoms with van der Waals surface area (Å²) in [6.45, 7) is 10.4. The fraction of sp³-hybridized carbons (Fsp3) is 0.440. The number of rotatable bonds is 10. The van der Waals surface area contributed by atoms with Gasteiger partial charge in [-0.05, 0) is 61.1 Å². The maximum Gasteiger partial charge on any atom is 0.261 e. The second-order valence-electron chi connectivity index (χ2n) is 8.38. The van der Waals surface area contributed by atoms with Crippen LogP contribution in [0.25, 0.3) is 0 Å². The lowest BCUT2D eigenvalue weighted by Gasteiger charge is -2.31. The van der Waals surface area contributed by atoms with Gasteiger partial charge in [0, 0.05) is 23.1 Å². The zero-order valence-corrected chi connectivity index (χ0v) is 20.9. The second-order valence-corrected chi connectivity index (χ2v) is 9.22. The Balaban J connectivity index is 2.27. The van der Waals surface area contributed by atoms with Crippen molar-refractivity contribution in [1.82, 2.24) is 10.2 Å². The highest BCUT2D eigenvalue weighted by Gasteiger charge is 2.29. The first-order valence-electron chi connectivity index (χ1n) is 10.8. The predicted molar refractivity (Wildman–Crippen MR) is 130 cm³/mol. The molecule has 0 fully saturated rings. The lowest BCUT2D eigenvalue weighted by atomic mass is 10.1. The van der Waals surface area contributed by atoms with E-state index in [1.807, 2.05) is 52.8 Å². The Morgan fingerprint density at radius 1 is 1.09 bits per heavy atom. The zero-order chi connectivity index (χ0) is 23.8. The molecule has 0 saturated carbocycles. The van der Waals surface area contributed by atoms with Crippen molar-refractivity contribution in [2.75, 3.05) is 13.2 Å². The van der Waals surface area contributed by atoms with Crippen LogP contribution in [0.4, 0.5) is 0 Å². The van der Waals surface area contributed by atoms with Crippen LogP contribution in [-0.4, -0.2) is 35.9 Å². The molecule has 0 saturated heterocycles. The number of hydrogen-bond donors (Lipinski definition) is 1. The van der Waals surface area contributed by atoms with E-state index < -0.39 is 6.04 Å². The molecule has 2 amide bonds. The van der Waals surface area contributed by atoms with Gasteiger partial charge in [0.15, 0.2) is 6.61 Å². The quantitative estimate of drug-likeness (QED) is 0.485. The van der Waals surface area contributed by atoms with E-state index in [2.05, 4.69) is 5.32 Å². The maximum absolute atomic E-state index is 13.3. The van der Waals surface area contributed by atoms with E-state index >= 15 is 0 Å². The van der Waals surface area contributed by atoms with E-state index in [1.165, 1.54) is 4.90 Å². The van der Waals surface area contributed by atoms with Gasteiger partial charge in [-0.1, -0.05) is 62.2 Å². The third-order valence-corrected chi connectivity index (χ3v) is 5.71. The van der Waals surface area contributed by atoms with Gasteiger partial charge in [-0.3, -0.25) is 9.59 Å². The standard InChI is InChI=1S/C25H32Cl2N2O3/c1-6-22(25(31)28-13-16(2)3)29(14-19-9-10-20(26)12-21(19)27)24(30)15-32-23-11-17(4)7-8-18(23)5/h7-12,16,22H,6,13-15H2,1-5H3,(H,28,31). The number of hydrogen-bond acceptors (Lipinski definition) is 3. The normalized spacial score (nSPS) is 11.9. The van der Waals surface area contributed by atoms with Gasteiger partial charge < -0.3 is 15.0 Å². The van der Waals surface area contributed by atoms with Gasteiger partial charge in [-0.2, -0.15) is 0 Å². The lowest BCUT2D eigenvalue weighted by Crippen LogP contribution is -2.50. The largest absolute Gasteiger partial charge is 0.483 e. The van der Waals surface area contributed by atoms with Gasteiger partial charge in [0.1, 0.15) is 11.8 Å². The number of nitrogens with one attached hydrogen (secondary N) is 1. The fourth-order valence-corrected chi connectivity index (χ4v) is 3.73. The van der Waals surface area contributed by atoms with Crippen molar-refractivity contribution < 1.29 is 14.3 Å². The molecule has 0 aromatic heterocycles. The molecule has 7 heteroatoms. The summed E-state index contributed by atoms with van der Waals surface area (Å²) in [5.41, 5.74) is 2.70. The smallest absolute Gasteiger partial charge is 0.261 e. The monoisotopic (exact) mass is 478 g/mol. The first kappa shape index (κ1) is 26.0. The third kappa shape index (κ3) is 7.42. The summed E-state index contributed by atoms with van der Waals surface area (Å²) >= 11 is 12.4. The van der Waals surface area contributed by atoms with E-state index in [0.29, 0.717) is 40.2 Å². The topological polar surface area (TPSA) is 58.6 Å². The summed E-state index contributed by atoms with van der Waals surface area (Å²) in [6, 6.07) is 10.3. The number of nitrogens with zero attached hydrogens (tertiary/aromatic N) is 1. The van der Waals surface area contributed by atoms with E-state index in [1.54, 1.807) is 18.2 Å². The van der Waals surface area contributed by atoms with E-state index in [4.69, 9.17) is 27.9 Å². The minimum atomic E-state index is -0.643. The van der Waals surface area contributed by atoms with Crippen molar-refractivity contribution in [3.05, 3.63) is 63.1 Å². The van der Waals surface area contributed by atoms with Crippen molar-refractivity contribution in [1.29, 1.82) is 0 Å². The van der Waals surface area contributed by atoms with Crippen molar-refractivity contribution >= 4 is 35.0 Å². The third-order valence-electron chi connectivity index (χ3n) is 5.12. The average molecular weight is 479 g/mol. The van der Waals surface area contributed by atoms with Crippen molar-refractivity contribution in [3.8, 4) is 5.75 Å². The van der Waals surface area contributed by atoms with Crippen LogP contribution in [0.1, 0.15) is 43.9 Å². The SMILES string of the molecule is CCC(C(=O)NCC(C)C)N(Cc1ccc(Cl)cc1Cl)C(=O)COc1cc(C)ccc1C. The Bertz CT molecular complexity index is 947. The molecule has 1 unspecified atom stereocenters. The predicted octanol–water partition coefficient (Wildman–Crippen LogP) is 5.57. The first-order chi connectivity index (χ1) is 15.1. The second kappa shape index (κ2) is 12.1. The molecule has 0 heterocycles. The lowest BCUT2D eigenvalue weighted by molar-refractivity contribution is -0.143. The minimum absolute atomic E-state index is 0.177. The fourth-order valence-electron chi connectivity index (χ4n) is 3.26. The van der Waals surface area contributed by atoms with Crippen LogP contribution in [0.5, 0.6) is 5.75 Å². The van der Waals surface area contributed by atoms with Crippen LogP contribution in [0, 0.1) is 19.8 Å². The highest BCUT2D eigenvalue weighted by Crippen LogP contribution is 2.24. The molecule has 0 aliphatic heterocycles.